The van der Waals surface area contributed by atoms with Crippen LogP contribution in [-0.4, -0.2) is 36.7 Å². The van der Waals surface area contributed by atoms with Gasteiger partial charge in [0.25, 0.3) is 11.5 Å². The molecule has 168 valence electrons. The van der Waals surface area contributed by atoms with Crippen LogP contribution >= 0.6 is 0 Å². The smallest absolute Gasteiger partial charge is 0.290 e. The first kappa shape index (κ1) is 21.8. The van der Waals surface area contributed by atoms with Crippen LogP contribution in [0, 0.1) is 0 Å². The lowest BCUT2D eigenvalue weighted by Gasteiger charge is -2.13. The molecule has 0 aliphatic carbocycles. The molecule has 11 nitrogen and oxygen atoms in total. The molecule has 4 rings (SSSR count). The molecule has 0 spiro atoms. The minimum atomic E-state index is -0.634. The molecule has 11 heteroatoms. The standard InChI is InChI=1S/C22H21N7O4/c1-13(2)29-22(32)16-8-4-3-7-15(16)19(27-29)21(31)26-25-17(30)9-10-18-24-20(28-33-18)14-6-5-11-23-12-14/h3-8,11-13H,9-10H2,1-2H3,(H,25,30)(H,26,31). The Hall–Kier alpha value is -4.41. The molecule has 0 atom stereocenters. The van der Waals surface area contributed by atoms with Gasteiger partial charge in [0.05, 0.1) is 11.4 Å². The Morgan fingerprint density at radius 1 is 1.09 bits per heavy atom. The third-order valence-electron chi connectivity index (χ3n) is 4.80. The lowest BCUT2D eigenvalue weighted by molar-refractivity contribution is -0.121. The second-order valence-corrected chi connectivity index (χ2v) is 7.49. The van der Waals surface area contributed by atoms with E-state index in [4.69, 9.17) is 4.52 Å². The second-order valence-electron chi connectivity index (χ2n) is 7.49. The average molecular weight is 447 g/mol. The highest BCUT2D eigenvalue weighted by atomic mass is 16.5. The minimum Gasteiger partial charge on any atom is -0.339 e. The fraction of sp³-hybridized carbons (Fsp3) is 0.227. The maximum absolute atomic E-state index is 12.7. The van der Waals surface area contributed by atoms with Crippen molar-refractivity contribution in [2.24, 2.45) is 0 Å². The maximum atomic E-state index is 12.7. The summed E-state index contributed by atoms with van der Waals surface area (Å²) < 4.78 is 6.41. The van der Waals surface area contributed by atoms with Crippen molar-refractivity contribution in [1.29, 1.82) is 0 Å². The van der Waals surface area contributed by atoms with Gasteiger partial charge in [0.15, 0.2) is 5.69 Å². The van der Waals surface area contributed by atoms with Gasteiger partial charge in [0, 0.05) is 36.2 Å². The lowest BCUT2D eigenvalue weighted by Crippen LogP contribution is -2.43. The fourth-order valence-corrected chi connectivity index (χ4v) is 3.16. The topological polar surface area (TPSA) is 145 Å². The van der Waals surface area contributed by atoms with Gasteiger partial charge in [-0.2, -0.15) is 10.1 Å². The number of hydrogen-bond donors (Lipinski definition) is 2. The van der Waals surface area contributed by atoms with Crippen molar-refractivity contribution in [1.82, 2.24) is 35.8 Å². The molecular formula is C22H21N7O4. The van der Waals surface area contributed by atoms with Gasteiger partial charge in [0.2, 0.25) is 17.6 Å². The van der Waals surface area contributed by atoms with Gasteiger partial charge in [-0.25, -0.2) is 4.68 Å². The predicted octanol–water partition coefficient (Wildman–Crippen LogP) is 1.82. The Morgan fingerprint density at radius 3 is 2.61 bits per heavy atom. The number of fused-ring (bicyclic) bond motifs is 1. The number of nitrogens with zero attached hydrogens (tertiary/aromatic N) is 5. The molecule has 0 unspecified atom stereocenters. The first-order valence-corrected chi connectivity index (χ1v) is 10.3. The van der Waals surface area contributed by atoms with Gasteiger partial charge >= 0.3 is 0 Å². The lowest BCUT2D eigenvalue weighted by atomic mass is 10.1. The summed E-state index contributed by atoms with van der Waals surface area (Å²) in [7, 11) is 0. The van der Waals surface area contributed by atoms with E-state index in [1.54, 1.807) is 62.6 Å². The molecular weight excluding hydrogens is 426 g/mol. The molecule has 0 aliphatic heterocycles. The molecule has 4 aromatic rings. The number of hydrazine groups is 1. The normalized spacial score (nSPS) is 11.0. The SMILES string of the molecule is CC(C)n1nc(C(=O)NNC(=O)CCc2nc(-c3cccnc3)no2)c2ccccc2c1=O. The van der Waals surface area contributed by atoms with Crippen molar-refractivity contribution in [2.75, 3.05) is 0 Å². The molecule has 2 N–H and O–H groups in total. The van der Waals surface area contributed by atoms with Crippen LogP contribution in [0.2, 0.25) is 0 Å². The number of nitrogens with one attached hydrogen (secondary N) is 2. The van der Waals surface area contributed by atoms with E-state index in [0.717, 1.165) is 0 Å². The Bertz CT molecular complexity index is 1360. The molecule has 0 radical (unpaired) electrons. The van der Waals surface area contributed by atoms with Crippen LogP contribution in [0.5, 0.6) is 0 Å². The number of benzene rings is 1. The monoisotopic (exact) mass is 447 g/mol. The molecule has 2 amide bonds. The van der Waals surface area contributed by atoms with Crippen molar-refractivity contribution < 1.29 is 14.1 Å². The van der Waals surface area contributed by atoms with Crippen molar-refractivity contribution in [3.63, 3.8) is 0 Å². The van der Waals surface area contributed by atoms with Crippen molar-refractivity contribution >= 4 is 22.6 Å². The summed E-state index contributed by atoms with van der Waals surface area (Å²) >= 11 is 0. The minimum absolute atomic E-state index is 0.00855. The summed E-state index contributed by atoms with van der Waals surface area (Å²) in [6, 6.07) is 10.0. The molecule has 0 fully saturated rings. The Balaban J connectivity index is 1.40. The van der Waals surface area contributed by atoms with E-state index >= 15 is 0 Å². The van der Waals surface area contributed by atoms with E-state index in [1.165, 1.54) is 4.68 Å². The zero-order valence-electron chi connectivity index (χ0n) is 18.0. The highest BCUT2D eigenvalue weighted by molar-refractivity contribution is 6.05. The van der Waals surface area contributed by atoms with Crippen LogP contribution in [0.25, 0.3) is 22.2 Å². The Kier molecular flexibility index (Phi) is 6.20. The second kappa shape index (κ2) is 9.39. The predicted molar refractivity (Wildman–Crippen MR) is 118 cm³/mol. The van der Waals surface area contributed by atoms with E-state index in [1.807, 2.05) is 0 Å². The number of hydrogen-bond acceptors (Lipinski definition) is 8. The summed E-state index contributed by atoms with van der Waals surface area (Å²) in [5.74, 6) is -0.423. The number of carbonyl (C=O) groups excluding carboxylic acids is 2. The largest absolute Gasteiger partial charge is 0.339 e. The van der Waals surface area contributed by atoms with Crippen molar-refractivity contribution in [2.45, 2.75) is 32.7 Å². The summed E-state index contributed by atoms with van der Waals surface area (Å²) in [5, 5.41) is 8.85. The number of amides is 2. The quantitative estimate of drug-likeness (QED) is 0.426. The van der Waals surface area contributed by atoms with Crippen LogP contribution < -0.4 is 16.4 Å². The number of pyridine rings is 1. The Labute approximate surface area is 187 Å². The van der Waals surface area contributed by atoms with Crippen LogP contribution in [0.1, 0.15) is 42.7 Å². The zero-order chi connectivity index (χ0) is 23.4. The molecule has 0 saturated heterocycles. The van der Waals surface area contributed by atoms with Crippen LogP contribution in [-0.2, 0) is 11.2 Å². The molecule has 0 aliphatic rings. The van der Waals surface area contributed by atoms with Gasteiger partial charge in [-0.3, -0.25) is 30.2 Å². The van der Waals surface area contributed by atoms with Crippen molar-refractivity contribution in [3.05, 3.63) is 70.7 Å². The van der Waals surface area contributed by atoms with E-state index in [0.29, 0.717) is 22.2 Å². The first-order chi connectivity index (χ1) is 15.9. The van der Waals surface area contributed by atoms with Crippen LogP contribution in [0.15, 0.2) is 58.1 Å². The summed E-state index contributed by atoms with van der Waals surface area (Å²) in [6.07, 6.45) is 3.44. The number of aromatic nitrogens is 5. The van der Waals surface area contributed by atoms with Gasteiger partial charge in [-0.1, -0.05) is 23.4 Å². The third kappa shape index (κ3) is 4.76. The summed E-state index contributed by atoms with van der Waals surface area (Å²) in [4.78, 5) is 45.8. The van der Waals surface area contributed by atoms with Crippen LogP contribution in [0.4, 0.5) is 0 Å². The van der Waals surface area contributed by atoms with Gasteiger partial charge in [-0.05, 0) is 32.0 Å². The number of aryl methyl sites for hydroxylation is 1. The molecule has 0 saturated carbocycles. The van der Waals surface area contributed by atoms with Gasteiger partial charge in [0.1, 0.15) is 0 Å². The maximum Gasteiger partial charge on any atom is 0.290 e. The number of rotatable bonds is 6. The first-order valence-electron chi connectivity index (χ1n) is 10.3. The van der Waals surface area contributed by atoms with Gasteiger partial charge < -0.3 is 4.52 Å². The Morgan fingerprint density at radius 2 is 1.88 bits per heavy atom. The fourth-order valence-electron chi connectivity index (χ4n) is 3.16. The van der Waals surface area contributed by atoms with E-state index < -0.39 is 11.8 Å². The van der Waals surface area contributed by atoms with Crippen molar-refractivity contribution in [3.8, 4) is 11.4 Å². The molecule has 0 bridgehead atoms. The molecule has 3 heterocycles. The molecule has 1 aromatic carbocycles. The molecule has 3 aromatic heterocycles. The zero-order valence-corrected chi connectivity index (χ0v) is 18.0. The highest BCUT2D eigenvalue weighted by Gasteiger charge is 2.18. The molecule has 33 heavy (non-hydrogen) atoms. The van der Waals surface area contributed by atoms with Crippen LogP contribution in [0.3, 0.4) is 0 Å². The van der Waals surface area contributed by atoms with E-state index in [-0.39, 0.29) is 36.0 Å². The third-order valence-corrected chi connectivity index (χ3v) is 4.80. The van der Waals surface area contributed by atoms with E-state index in [9.17, 15) is 14.4 Å². The summed E-state index contributed by atoms with van der Waals surface area (Å²) in [5.41, 5.74) is 5.16. The van der Waals surface area contributed by atoms with E-state index in [2.05, 4.69) is 31.1 Å². The van der Waals surface area contributed by atoms with Gasteiger partial charge in [-0.15, -0.1) is 0 Å². The number of carbonyl (C=O) groups is 2. The highest BCUT2D eigenvalue weighted by Crippen LogP contribution is 2.15. The average Bonchev–Trinajstić information content (AvgIpc) is 3.31. The summed E-state index contributed by atoms with van der Waals surface area (Å²) in [6.45, 7) is 3.59.